The Balaban J connectivity index is 1.94. The van der Waals surface area contributed by atoms with E-state index >= 15 is 0 Å². The molecule has 0 atom stereocenters. The maximum absolute atomic E-state index is 11.9. The molecule has 0 bridgehead atoms. The topological polar surface area (TPSA) is 78.4 Å². The van der Waals surface area contributed by atoms with Gasteiger partial charge in [0.25, 0.3) is 0 Å². The highest BCUT2D eigenvalue weighted by molar-refractivity contribution is 6.02. The molecule has 2 aromatic rings. The van der Waals surface area contributed by atoms with Gasteiger partial charge in [-0.25, -0.2) is 0 Å². The Hall–Kier alpha value is -2.40. The van der Waals surface area contributed by atoms with Crippen LogP contribution in [0.2, 0.25) is 0 Å². The molecule has 21 heavy (non-hydrogen) atoms. The molecule has 2 amide bonds. The molecule has 0 aliphatic rings. The molecule has 0 saturated heterocycles. The van der Waals surface area contributed by atoms with Crippen LogP contribution in [0.5, 0.6) is 0 Å². The fraction of sp³-hybridized carbons (Fsp3) is 0.250. The molecule has 110 valence electrons. The first-order valence-corrected chi connectivity index (χ1v) is 6.86. The van der Waals surface area contributed by atoms with E-state index in [1.807, 2.05) is 42.5 Å². The molecule has 0 spiro atoms. The lowest BCUT2D eigenvalue weighted by Crippen LogP contribution is -2.27. The number of carbonyl (C=O) groups is 2. The van der Waals surface area contributed by atoms with Crippen molar-refractivity contribution in [3.05, 3.63) is 42.5 Å². The number of nitrogens with one attached hydrogen (secondary N) is 2. The molecular weight excluding hydrogens is 268 g/mol. The molecular formula is C16H18N2O3. The van der Waals surface area contributed by atoms with E-state index in [2.05, 4.69) is 10.6 Å². The molecule has 2 rings (SSSR count). The quantitative estimate of drug-likeness (QED) is 0.756. The van der Waals surface area contributed by atoms with Crippen molar-refractivity contribution in [1.29, 1.82) is 0 Å². The van der Waals surface area contributed by atoms with Crippen LogP contribution in [-0.2, 0) is 9.59 Å². The number of amides is 2. The van der Waals surface area contributed by atoms with Gasteiger partial charge in [-0.2, -0.15) is 0 Å². The largest absolute Gasteiger partial charge is 0.395 e. The minimum atomic E-state index is -0.239. The van der Waals surface area contributed by atoms with E-state index in [4.69, 9.17) is 5.11 Å². The lowest BCUT2D eigenvalue weighted by atomic mass is 10.1. The summed E-state index contributed by atoms with van der Waals surface area (Å²) < 4.78 is 0. The maximum atomic E-state index is 11.9. The zero-order valence-corrected chi connectivity index (χ0v) is 11.6. The van der Waals surface area contributed by atoms with Gasteiger partial charge in [0.15, 0.2) is 0 Å². The van der Waals surface area contributed by atoms with Crippen molar-refractivity contribution in [2.75, 3.05) is 18.5 Å². The minimum Gasteiger partial charge on any atom is -0.395 e. The summed E-state index contributed by atoms with van der Waals surface area (Å²) >= 11 is 0. The van der Waals surface area contributed by atoms with Crippen molar-refractivity contribution in [2.24, 2.45) is 0 Å². The second kappa shape index (κ2) is 7.40. The van der Waals surface area contributed by atoms with Crippen LogP contribution < -0.4 is 10.6 Å². The molecule has 0 aromatic heterocycles. The number of aliphatic hydroxyl groups excluding tert-OH is 1. The molecule has 5 heteroatoms. The van der Waals surface area contributed by atoms with E-state index in [0.717, 1.165) is 16.5 Å². The Kier molecular flexibility index (Phi) is 5.29. The van der Waals surface area contributed by atoms with Crippen molar-refractivity contribution < 1.29 is 14.7 Å². The van der Waals surface area contributed by atoms with Crippen molar-refractivity contribution in [2.45, 2.75) is 12.8 Å². The molecule has 0 heterocycles. The molecule has 5 nitrogen and oxygen atoms in total. The first kappa shape index (κ1) is 15.0. The molecule has 3 N–H and O–H groups in total. The molecule has 2 aromatic carbocycles. The van der Waals surface area contributed by atoms with E-state index in [0.29, 0.717) is 0 Å². The van der Waals surface area contributed by atoms with E-state index in [1.165, 1.54) is 0 Å². The fourth-order valence-electron chi connectivity index (χ4n) is 2.06. The normalized spacial score (nSPS) is 10.3. The van der Waals surface area contributed by atoms with Gasteiger partial charge in [0, 0.05) is 30.5 Å². The third-order valence-corrected chi connectivity index (χ3v) is 3.08. The third kappa shape index (κ3) is 4.29. The maximum Gasteiger partial charge on any atom is 0.224 e. The lowest BCUT2D eigenvalue weighted by Gasteiger charge is -2.08. The Labute approximate surface area is 123 Å². The van der Waals surface area contributed by atoms with Crippen LogP contribution in [-0.4, -0.2) is 30.1 Å². The van der Waals surface area contributed by atoms with E-state index < -0.39 is 0 Å². The van der Waals surface area contributed by atoms with Crippen molar-refractivity contribution in [1.82, 2.24) is 5.32 Å². The summed E-state index contributed by atoms with van der Waals surface area (Å²) in [5.41, 5.74) is 0.744. The van der Waals surface area contributed by atoms with Gasteiger partial charge >= 0.3 is 0 Å². The van der Waals surface area contributed by atoms with Gasteiger partial charge in [-0.1, -0.05) is 36.4 Å². The summed E-state index contributed by atoms with van der Waals surface area (Å²) in [6.45, 7) is 0.109. The van der Waals surface area contributed by atoms with Crippen LogP contribution in [0.3, 0.4) is 0 Å². The first-order valence-electron chi connectivity index (χ1n) is 6.86. The van der Waals surface area contributed by atoms with Crippen LogP contribution >= 0.6 is 0 Å². The van der Waals surface area contributed by atoms with Crippen LogP contribution in [0.15, 0.2) is 42.5 Å². The number of hydrogen-bond donors (Lipinski definition) is 3. The lowest BCUT2D eigenvalue weighted by molar-refractivity contribution is -0.124. The molecule has 0 aliphatic carbocycles. The van der Waals surface area contributed by atoms with Crippen molar-refractivity contribution >= 4 is 28.3 Å². The molecule has 0 unspecified atom stereocenters. The zero-order valence-electron chi connectivity index (χ0n) is 11.6. The number of rotatable bonds is 6. The monoisotopic (exact) mass is 286 g/mol. The number of carbonyl (C=O) groups excluding carboxylic acids is 2. The Morgan fingerprint density at radius 2 is 1.67 bits per heavy atom. The average Bonchev–Trinajstić information content (AvgIpc) is 2.51. The van der Waals surface area contributed by atoms with Crippen molar-refractivity contribution in [3.63, 3.8) is 0 Å². The number of hydrogen-bond acceptors (Lipinski definition) is 3. The molecule has 0 fully saturated rings. The van der Waals surface area contributed by atoms with Crippen LogP contribution in [0, 0.1) is 0 Å². The highest BCUT2D eigenvalue weighted by atomic mass is 16.3. The van der Waals surface area contributed by atoms with Crippen LogP contribution in [0.4, 0.5) is 5.69 Å². The minimum absolute atomic E-state index is 0.103. The van der Waals surface area contributed by atoms with Gasteiger partial charge in [-0.05, 0) is 11.5 Å². The summed E-state index contributed by atoms with van der Waals surface area (Å²) in [4.78, 5) is 23.3. The van der Waals surface area contributed by atoms with Gasteiger partial charge in [-0.3, -0.25) is 9.59 Å². The molecule has 0 aliphatic heterocycles. The van der Waals surface area contributed by atoms with Gasteiger partial charge < -0.3 is 15.7 Å². The SMILES string of the molecule is O=C(CCC(=O)Nc1cccc2ccccc12)NCCO. The summed E-state index contributed by atoms with van der Waals surface area (Å²) in [5, 5.41) is 16.0. The van der Waals surface area contributed by atoms with Gasteiger partial charge in [0.1, 0.15) is 0 Å². The van der Waals surface area contributed by atoms with E-state index in [-0.39, 0.29) is 37.8 Å². The van der Waals surface area contributed by atoms with E-state index in [9.17, 15) is 9.59 Å². The Bertz CT molecular complexity index is 635. The highest BCUT2D eigenvalue weighted by Crippen LogP contribution is 2.23. The standard InChI is InChI=1S/C16H18N2O3/c19-11-10-17-15(20)8-9-16(21)18-14-7-3-5-12-4-1-2-6-13(12)14/h1-7,19H,8-11H2,(H,17,20)(H,18,21). The number of anilines is 1. The zero-order chi connectivity index (χ0) is 15.1. The Morgan fingerprint density at radius 3 is 2.48 bits per heavy atom. The third-order valence-electron chi connectivity index (χ3n) is 3.08. The van der Waals surface area contributed by atoms with E-state index in [1.54, 1.807) is 0 Å². The van der Waals surface area contributed by atoms with Crippen molar-refractivity contribution in [3.8, 4) is 0 Å². The molecule has 0 saturated carbocycles. The van der Waals surface area contributed by atoms with Gasteiger partial charge in [0.05, 0.1) is 6.61 Å². The van der Waals surface area contributed by atoms with Gasteiger partial charge in [0.2, 0.25) is 11.8 Å². The summed E-state index contributed by atoms with van der Waals surface area (Å²) in [6, 6.07) is 13.5. The smallest absolute Gasteiger partial charge is 0.224 e. The summed E-state index contributed by atoms with van der Waals surface area (Å²) in [5.74, 6) is -0.442. The second-order valence-electron chi connectivity index (χ2n) is 4.65. The van der Waals surface area contributed by atoms with Gasteiger partial charge in [-0.15, -0.1) is 0 Å². The fourth-order valence-corrected chi connectivity index (χ4v) is 2.06. The highest BCUT2D eigenvalue weighted by Gasteiger charge is 2.08. The number of fused-ring (bicyclic) bond motifs is 1. The second-order valence-corrected chi connectivity index (χ2v) is 4.65. The molecule has 0 radical (unpaired) electrons. The predicted molar refractivity (Wildman–Crippen MR) is 81.9 cm³/mol. The number of aliphatic hydroxyl groups is 1. The number of benzene rings is 2. The van der Waals surface area contributed by atoms with Crippen LogP contribution in [0.25, 0.3) is 10.8 Å². The first-order chi connectivity index (χ1) is 10.2. The predicted octanol–water partition coefficient (Wildman–Crippen LogP) is 1.67. The summed E-state index contributed by atoms with van der Waals surface area (Å²) in [6.07, 6.45) is 0.219. The average molecular weight is 286 g/mol. The summed E-state index contributed by atoms with van der Waals surface area (Å²) in [7, 11) is 0. The Morgan fingerprint density at radius 1 is 0.952 bits per heavy atom. The van der Waals surface area contributed by atoms with Crippen LogP contribution in [0.1, 0.15) is 12.8 Å².